The second-order valence-corrected chi connectivity index (χ2v) is 4.42. The Morgan fingerprint density at radius 2 is 1.89 bits per heavy atom. The van der Waals surface area contributed by atoms with E-state index < -0.39 is 11.6 Å². The fourth-order valence-corrected chi connectivity index (χ4v) is 1.73. The van der Waals surface area contributed by atoms with Crippen molar-refractivity contribution >= 4 is 35.1 Å². The Hall–Kier alpha value is -1.65. The van der Waals surface area contributed by atoms with E-state index in [-0.39, 0.29) is 5.69 Å². The molecule has 0 heterocycles. The maximum atomic E-state index is 13.3. The summed E-state index contributed by atoms with van der Waals surface area (Å²) < 4.78 is 26.0. The Morgan fingerprint density at radius 3 is 2.63 bits per heavy atom. The van der Waals surface area contributed by atoms with Crippen LogP contribution in [0.5, 0.6) is 0 Å². The number of nitrogens with zero attached hydrogens (tertiary/aromatic N) is 1. The molecule has 0 aromatic heterocycles. The van der Waals surface area contributed by atoms with E-state index in [1.807, 2.05) is 0 Å². The van der Waals surface area contributed by atoms with Gasteiger partial charge in [-0.05, 0) is 18.2 Å². The molecule has 0 saturated carbocycles. The summed E-state index contributed by atoms with van der Waals surface area (Å²) in [6, 6.07) is 8.22. The van der Waals surface area contributed by atoms with E-state index in [1.165, 1.54) is 12.3 Å². The van der Waals surface area contributed by atoms with Gasteiger partial charge >= 0.3 is 0 Å². The molecule has 19 heavy (non-hydrogen) atoms. The van der Waals surface area contributed by atoms with Crippen molar-refractivity contribution in [3.05, 3.63) is 63.6 Å². The highest BCUT2D eigenvalue weighted by atomic mass is 35.5. The molecule has 0 amide bonds. The number of benzene rings is 2. The van der Waals surface area contributed by atoms with Crippen molar-refractivity contribution in [1.29, 1.82) is 0 Å². The lowest BCUT2D eigenvalue weighted by Crippen LogP contribution is -1.95. The van der Waals surface area contributed by atoms with Crippen molar-refractivity contribution in [3.63, 3.8) is 0 Å². The fraction of sp³-hybridized carbons (Fsp3) is 0. The fourth-order valence-electron chi connectivity index (χ4n) is 1.37. The van der Waals surface area contributed by atoms with Gasteiger partial charge in [-0.1, -0.05) is 35.3 Å². The summed E-state index contributed by atoms with van der Waals surface area (Å²) in [7, 11) is 0. The van der Waals surface area contributed by atoms with E-state index in [2.05, 4.69) is 10.5 Å². The number of nitrogens with one attached hydrogen (secondary N) is 1. The Bertz CT molecular complexity index is 630. The highest BCUT2D eigenvalue weighted by Gasteiger charge is 2.03. The van der Waals surface area contributed by atoms with Gasteiger partial charge in [-0.2, -0.15) is 5.10 Å². The van der Waals surface area contributed by atoms with E-state index >= 15 is 0 Å². The van der Waals surface area contributed by atoms with E-state index in [0.717, 1.165) is 12.1 Å². The van der Waals surface area contributed by atoms with E-state index in [1.54, 1.807) is 18.2 Å². The maximum absolute atomic E-state index is 13.3. The van der Waals surface area contributed by atoms with Gasteiger partial charge in [0.05, 0.1) is 21.9 Å². The molecule has 98 valence electrons. The first-order chi connectivity index (χ1) is 9.08. The molecule has 0 aliphatic carbocycles. The molecule has 0 aliphatic rings. The molecule has 2 aromatic rings. The molecular weight excluding hydrogens is 293 g/mol. The lowest BCUT2D eigenvalue weighted by atomic mass is 10.2. The summed E-state index contributed by atoms with van der Waals surface area (Å²) in [5.41, 5.74) is 3.11. The van der Waals surface area contributed by atoms with Crippen LogP contribution < -0.4 is 5.43 Å². The zero-order valence-corrected chi connectivity index (χ0v) is 11.0. The van der Waals surface area contributed by atoms with Crippen LogP contribution in [0.2, 0.25) is 10.0 Å². The van der Waals surface area contributed by atoms with Crippen LogP contribution in [-0.4, -0.2) is 6.21 Å². The summed E-state index contributed by atoms with van der Waals surface area (Å²) in [6.45, 7) is 0. The van der Waals surface area contributed by atoms with E-state index in [9.17, 15) is 8.78 Å². The molecule has 0 radical (unpaired) electrons. The summed E-state index contributed by atoms with van der Waals surface area (Å²) in [5.74, 6) is -1.38. The normalized spacial score (nSPS) is 10.9. The van der Waals surface area contributed by atoms with Crippen molar-refractivity contribution in [3.8, 4) is 0 Å². The minimum Gasteiger partial charge on any atom is -0.276 e. The van der Waals surface area contributed by atoms with Crippen LogP contribution in [-0.2, 0) is 0 Å². The Labute approximate surface area is 118 Å². The second-order valence-electron chi connectivity index (χ2n) is 3.64. The van der Waals surface area contributed by atoms with Gasteiger partial charge in [0.25, 0.3) is 0 Å². The highest BCUT2D eigenvalue weighted by Crippen LogP contribution is 2.24. The molecule has 2 nitrogen and oxygen atoms in total. The van der Waals surface area contributed by atoms with Gasteiger partial charge < -0.3 is 0 Å². The highest BCUT2D eigenvalue weighted by molar-refractivity contribution is 6.43. The quantitative estimate of drug-likeness (QED) is 0.644. The molecular formula is C13H8Cl2F2N2. The van der Waals surface area contributed by atoms with Crippen LogP contribution in [0.25, 0.3) is 0 Å². The third-order valence-electron chi connectivity index (χ3n) is 2.30. The predicted molar refractivity (Wildman–Crippen MR) is 74.0 cm³/mol. The molecule has 1 N–H and O–H groups in total. The summed E-state index contributed by atoms with van der Waals surface area (Å²) in [6.07, 6.45) is 1.40. The first-order valence-corrected chi connectivity index (χ1v) is 6.01. The van der Waals surface area contributed by atoms with Gasteiger partial charge in [0.2, 0.25) is 0 Å². The summed E-state index contributed by atoms with van der Waals surface area (Å²) >= 11 is 11.8. The van der Waals surface area contributed by atoms with E-state index in [0.29, 0.717) is 15.6 Å². The van der Waals surface area contributed by atoms with Crippen molar-refractivity contribution in [2.75, 3.05) is 5.43 Å². The number of hydrogen-bond donors (Lipinski definition) is 1. The third-order valence-corrected chi connectivity index (χ3v) is 3.13. The zero-order chi connectivity index (χ0) is 13.8. The van der Waals surface area contributed by atoms with Gasteiger partial charge in [0, 0.05) is 11.6 Å². The predicted octanol–water partition coefficient (Wildman–Crippen LogP) is 4.72. The Kier molecular flexibility index (Phi) is 4.35. The summed E-state index contributed by atoms with van der Waals surface area (Å²) in [5, 5.41) is 4.58. The van der Waals surface area contributed by atoms with Crippen LogP contribution >= 0.6 is 23.2 Å². The van der Waals surface area contributed by atoms with Gasteiger partial charge in [0.1, 0.15) is 5.82 Å². The lowest BCUT2D eigenvalue weighted by Gasteiger charge is -2.02. The molecule has 0 fully saturated rings. The van der Waals surface area contributed by atoms with Crippen LogP contribution in [0.15, 0.2) is 41.5 Å². The molecule has 2 aromatic carbocycles. The van der Waals surface area contributed by atoms with Crippen LogP contribution in [0.1, 0.15) is 5.56 Å². The van der Waals surface area contributed by atoms with Gasteiger partial charge in [0.15, 0.2) is 5.82 Å². The number of rotatable bonds is 3. The van der Waals surface area contributed by atoms with Crippen molar-refractivity contribution in [2.24, 2.45) is 5.10 Å². The molecule has 0 saturated heterocycles. The second kappa shape index (κ2) is 5.99. The monoisotopic (exact) mass is 300 g/mol. The first-order valence-electron chi connectivity index (χ1n) is 5.26. The molecule has 0 aliphatic heterocycles. The third kappa shape index (κ3) is 3.43. The number of halogens is 4. The maximum Gasteiger partial charge on any atom is 0.151 e. The minimum atomic E-state index is -0.727. The van der Waals surface area contributed by atoms with Crippen molar-refractivity contribution in [1.82, 2.24) is 0 Å². The van der Waals surface area contributed by atoms with Crippen LogP contribution in [0, 0.1) is 11.6 Å². The smallest absolute Gasteiger partial charge is 0.151 e. The first kappa shape index (κ1) is 13.8. The van der Waals surface area contributed by atoms with Gasteiger partial charge in [-0.15, -0.1) is 0 Å². The Morgan fingerprint density at radius 1 is 1.11 bits per heavy atom. The van der Waals surface area contributed by atoms with Gasteiger partial charge in [-0.25, -0.2) is 8.78 Å². The van der Waals surface area contributed by atoms with Crippen molar-refractivity contribution < 1.29 is 8.78 Å². The molecule has 2 rings (SSSR count). The van der Waals surface area contributed by atoms with E-state index in [4.69, 9.17) is 23.2 Å². The van der Waals surface area contributed by atoms with Crippen LogP contribution in [0.4, 0.5) is 14.5 Å². The molecule has 0 unspecified atom stereocenters. The topological polar surface area (TPSA) is 24.4 Å². The average Bonchev–Trinajstić information content (AvgIpc) is 2.37. The van der Waals surface area contributed by atoms with Crippen LogP contribution in [0.3, 0.4) is 0 Å². The molecule has 0 atom stereocenters. The minimum absolute atomic E-state index is 0.0656. The molecule has 0 spiro atoms. The van der Waals surface area contributed by atoms with Crippen molar-refractivity contribution in [2.45, 2.75) is 0 Å². The SMILES string of the molecule is Fc1ccc(N/N=C\c2cccc(Cl)c2Cl)c(F)c1. The average molecular weight is 301 g/mol. The Balaban J connectivity index is 2.14. The lowest BCUT2D eigenvalue weighted by molar-refractivity contribution is 0.585. The number of hydrazone groups is 1. The standard InChI is InChI=1S/C13H8Cl2F2N2/c14-10-3-1-2-8(13(10)15)7-18-19-12-5-4-9(16)6-11(12)17/h1-7,19H/b18-7-. The molecule has 6 heteroatoms. The molecule has 0 bridgehead atoms. The number of hydrogen-bond acceptors (Lipinski definition) is 2. The zero-order valence-electron chi connectivity index (χ0n) is 9.50. The van der Waals surface area contributed by atoms with Gasteiger partial charge in [-0.3, -0.25) is 5.43 Å². The summed E-state index contributed by atoms with van der Waals surface area (Å²) in [4.78, 5) is 0. The largest absolute Gasteiger partial charge is 0.276 e. The number of anilines is 1.